The lowest BCUT2D eigenvalue weighted by Crippen LogP contribution is -2.40. The Labute approximate surface area is 312 Å². The lowest BCUT2D eigenvalue weighted by atomic mass is 9.95. The molecule has 3 aromatic carbocycles. The van der Waals surface area contributed by atoms with E-state index in [0.717, 1.165) is 42.5 Å². The third kappa shape index (κ3) is 7.47. The van der Waals surface area contributed by atoms with Crippen molar-refractivity contribution in [3.63, 3.8) is 0 Å². The molecule has 2 aliphatic heterocycles. The minimum absolute atomic E-state index is 0.209. The molecule has 0 atom stereocenters. The Hall–Kier alpha value is -5.88. The fourth-order valence-electron chi connectivity index (χ4n) is 7.58. The number of nitrogens with one attached hydrogen (secondary N) is 2. The number of halogens is 2. The minimum atomic E-state index is -0.859. The molecular formula is C42H42F2N8O2. The molecule has 54 heavy (non-hydrogen) atoms. The maximum atomic E-state index is 14.3. The summed E-state index contributed by atoms with van der Waals surface area (Å²) in [5.41, 5.74) is 4.71. The van der Waals surface area contributed by atoms with Gasteiger partial charge in [-0.25, -0.2) is 23.7 Å². The van der Waals surface area contributed by atoms with E-state index in [-0.39, 0.29) is 5.56 Å². The van der Waals surface area contributed by atoms with Gasteiger partial charge in [0.05, 0.1) is 29.9 Å². The van der Waals surface area contributed by atoms with Gasteiger partial charge in [-0.15, -0.1) is 0 Å². The summed E-state index contributed by atoms with van der Waals surface area (Å²) in [5, 5.41) is 5.72. The molecule has 2 N–H and O–H groups in total. The molecule has 0 unspecified atom stereocenters. The number of aromatic nitrogens is 4. The Morgan fingerprint density at radius 3 is 2.46 bits per heavy atom. The van der Waals surface area contributed by atoms with Gasteiger partial charge in [0.1, 0.15) is 28.7 Å². The number of rotatable bonds is 10. The van der Waals surface area contributed by atoms with Gasteiger partial charge in [-0.1, -0.05) is 30.7 Å². The van der Waals surface area contributed by atoms with Crippen molar-refractivity contribution in [1.82, 2.24) is 24.3 Å². The summed E-state index contributed by atoms with van der Waals surface area (Å²) in [6.07, 6.45) is 9.98. The number of methoxy groups -OCH3 is 1. The van der Waals surface area contributed by atoms with Crippen LogP contribution in [0.25, 0.3) is 28.3 Å². The van der Waals surface area contributed by atoms with Crippen molar-refractivity contribution in [2.24, 2.45) is 5.92 Å². The van der Waals surface area contributed by atoms with Crippen LogP contribution in [0.1, 0.15) is 42.5 Å². The van der Waals surface area contributed by atoms with Crippen LogP contribution in [0.15, 0.2) is 97.3 Å². The van der Waals surface area contributed by atoms with Gasteiger partial charge in [-0.2, -0.15) is 0 Å². The summed E-state index contributed by atoms with van der Waals surface area (Å²) >= 11 is 0. The first kappa shape index (κ1) is 35.2. The first-order chi connectivity index (χ1) is 26.4. The van der Waals surface area contributed by atoms with E-state index in [1.165, 1.54) is 57.8 Å². The van der Waals surface area contributed by atoms with Crippen LogP contribution in [-0.2, 0) is 0 Å². The van der Waals surface area contributed by atoms with E-state index in [1.807, 2.05) is 40.9 Å². The van der Waals surface area contributed by atoms with E-state index in [9.17, 15) is 13.6 Å². The zero-order valence-electron chi connectivity index (χ0n) is 30.1. The molecule has 6 aromatic rings. The molecule has 8 rings (SSSR count). The third-order valence-electron chi connectivity index (χ3n) is 10.4. The first-order valence-electron chi connectivity index (χ1n) is 18.5. The highest BCUT2D eigenvalue weighted by Crippen LogP contribution is 2.36. The summed E-state index contributed by atoms with van der Waals surface area (Å²) in [6.45, 7) is 5.77. The quantitative estimate of drug-likeness (QED) is 0.145. The van der Waals surface area contributed by atoms with Crippen molar-refractivity contribution in [3.8, 4) is 28.4 Å². The molecule has 10 nitrogen and oxygen atoms in total. The number of carbonyl (C=O) groups excluding carboxylic acids is 1. The number of likely N-dealkylation sites (tertiary alicyclic amines) is 1. The predicted octanol–water partition coefficient (Wildman–Crippen LogP) is 8.44. The highest BCUT2D eigenvalue weighted by molar-refractivity contribution is 6.05. The van der Waals surface area contributed by atoms with E-state index < -0.39 is 23.2 Å². The van der Waals surface area contributed by atoms with Crippen molar-refractivity contribution < 1.29 is 18.3 Å². The molecule has 5 heterocycles. The van der Waals surface area contributed by atoms with E-state index in [0.29, 0.717) is 40.0 Å². The van der Waals surface area contributed by atoms with Crippen LogP contribution in [0.4, 0.5) is 31.8 Å². The zero-order chi connectivity index (χ0) is 37.0. The normalized spacial score (nSPS) is 15.4. The minimum Gasteiger partial charge on any atom is -0.494 e. The summed E-state index contributed by atoms with van der Waals surface area (Å²) in [7, 11) is 1.67. The van der Waals surface area contributed by atoms with Gasteiger partial charge in [0.2, 0.25) is 5.95 Å². The lowest BCUT2D eigenvalue weighted by molar-refractivity contribution is 0.102. The van der Waals surface area contributed by atoms with Gasteiger partial charge in [0.25, 0.3) is 5.91 Å². The molecule has 1 amide bonds. The Balaban J connectivity index is 1.03. The third-order valence-corrected chi connectivity index (χ3v) is 10.4. The predicted molar refractivity (Wildman–Crippen MR) is 207 cm³/mol. The average molecular weight is 729 g/mol. The van der Waals surface area contributed by atoms with Gasteiger partial charge in [-0.3, -0.25) is 9.20 Å². The molecule has 0 spiro atoms. The molecule has 2 fully saturated rings. The second-order valence-corrected chi connectivity index (χ2v) is 13.9. The number of benzene rings is 3. The van der Waals surface area contributed by atoms with Gasteiger partial charge in [0, 0.05) is 54.9 Å². The number of carbonyl (C=O) groups is 1. The van der Waals surface area contributed by atoms with Crippen LogP contribution in [0.3, 0.4) is 0 Å². The molecule has 2 saturated heterocycles. The van der Waals surface area contributed by atoms with Crippen molar-refractivity contribution in [2.75, 3.05) is 55.4 Å². The van der Waals surface area contributed by atoms with E-state index in [1.54, 1.807) is 37.6 Å². The van der Waals surface area contributed by atoms with Gasteiger partial charge in [-0.05, 0) is 99.3 Å². The van der Waals surface area contributed by atoms with Crippen molar-refractivity contribution >= 4 is 34.6 Å². The number of pyridine rings is 1. The average Bonchev–Trinajstić information content (AvgIpc) is 3.60. The largest absolute Gasteiger partial charge is 0.494 e. The topological polar surface area (TPSA) is 99.9 Å². The monoisotopic (exact) mass is 728 g/mol. The van der Waals surface area contributed by atoms with Crippen LogP contribution in [-0.4, -0.2) is 70.0 Å². The Bertz CT molecular complexity index is 2260. The Morgan fingerprint density at radius 1 is 0.870 bits per heavy atom. The number of ether oxygens (including phenoxy) is 1. The molecule has 2 aliphatic rings. The smallest absolute Gasteiger partial charge is 0.255 e. The Kier molecular flexibility index (Phi) is 10.2. The summed E-state index contributed by atoms with van der Waals surface area (Å²) in [6, 6.07) is 23.9. The zero-order valence-corrected chi connectivity index (χ0v) is 30.1. The summed E-state index contributed by atoms with van der Waals surface area (Å²) in [5.74, 6) is -0.561. The number of amides is 1. The summed E-state index contributed by atoms with van der Waals surface area (Å²) in [4.78, 5) is 32.6. The molecule has 0 radical (unpaired) electrons. The molecular weight excluding hydrogens is 687 g/mol. The van der Waals surface area contributed by atoms with Crippen LogP contribution >= 0.6 is 0 Å². The number of imidazole rings is 1. The molecule has 3 aromatic heterocycles. The summed E-state index contributed by atoms with van der Waals surface area (Å²) < 4.78 is 36.4. The maximum Gasteiger partial charge on any atom is 0.255 e. The highest BCUT2D eigenvalue weighted by atomic mass is 19.1. The SMILES string of the molecule is COc1cc(N2CCC(CN3CCCCC3)CC2)ccc1Nc1nccc(-c2c(-c3cccc(C(=O)Nc4c(F)cccc4F)c3)nc3ccccn23)n1. The second-order valence-electron chi connectivity index (χ2n) is 13.9. The first-order valence-corrected chi connectivity index (χ1v) is 18.5. The number of piperidine rings is 2. The van der Waals surface area contributed by atoms with Crippen molar-refractivity contribution in [3.05, 3.63) is 115 Å². The molecule has 12 heteroatoms. The van der Waals surface area contributed by atoms with Crippen LogP contribution in [0, 0.1) is 17.6 Å². The second kappa shape index (κ2) is 15.6. The number of para-hydroxylation sites is 1. The maximum absolute atomic E-state index is 14.3. The van der Waals surface area contributed by atoms with Crippen LogP contribution in [0.2, 0.25) is 0 Å². The van der Waals surface area contributed by atoms with Crippen LogP contribution in [0.5, 0.6) is 5.75 Å². The fourth-order valence-corrected chi connectivity index (χ4v) is 7.58. The van der Waals surface area contributed by atoms with Crippen molar-refractivity contribution in [1.29, 1.82) is 0 Å². The molecule has 0 saturated carbocycles. The number of anilines is 4. The highest BCUT2D eigenvalue weighted by Gasteiger charge is 2.24. The van der Waals surface area contributed by atoms with Gasteiger partial charge < -0.3 is 25.2 Å². The fraction of sp³-hybridized carbons (Fsp3) is 0.286. The van der Waals surface area contributed by atoms with E-state index in [4.69, 9.17) is 14.7 Å². The molecule has 0 aliphatic carbocycles. The lowest BCUT2D eigenvalue weighted by Gasteiger charge is -2.37. The Morgan fingerprint density at radius 2 is 1.67 bits per heavy atom. The van der Waals surface area contributed by atoms with E-state index in [2.05, 4.69) is 37.6 Å². The standard InChI is InChI=1S/C42H42F2N8O2/c1-54-36-26-31(51-23-17-28(18-24-51)27-50-20-4-2-5-21-50)14-15-34(36)46-42-45-19-16-35(47-42)40-38(48-37-13-3-6-22-52(37)40)29-9-7-10-30(25-29)41(53)49-39-32(43)11-8-12-33(39)44/h3,6-16,19,22,25-26,28H,2,4-5,17-18,20-21,23-24,27H2,1H3,(H,49,53)(H,45,46,47). The molecule has 0 bridgehead atoms. The number of nitrogens with zero attached hydrogens (tertiary/aromatic N) is 6. The van der Waals surface area contributed by atoms with Gasteiger partial charge >= 0.3 is 0 Å². The number of hydrogen-bond donors (Lipinski definition) is 2. The molecule has 276 valence electrons. The van der Waals surface area contributed by atoms with Gasteiger partial charge in [0.15, 0.2) is 0 Å². The number of hydrogen-bond acceptors (Lipinski definition) is 8. The van der Waals surface area contributed by atoms with Crippen molar-refractivity contribution in [2.45, 2.75) is 32.1 Å². The van der Waals surface area contributed by atoms with Crippen LogP contribution < -0.4 is 20.3 Å². The number of fused-ring (bicyclic) bond motifs is 1. The van der Waals surface area contributed by atoms with E-state index >= 15 is 0 Å².